The van der Waals surface area contributed by atoms with Crippen LogP contribution in [0.4, 0.5) is 4.79 Å². The summed E-state index contributed by atoms with van der Waals surface area (Å²) in [6, 6.07) is 0. The first-order chi connectivity index (χ1) is 3.15. The molecule has 0 atom stereocenters. The van der Waals surface area contributed by atoms with E-state index >= 15 is 0 Å². The summed E-state index contributed by atoms with van der Waals surface area (Å²) < 4.78 is 0. The van der Waals surface area contributed by atoms with E-state index in [1.807, 2.05) is 0 Å². The Bertz CT molecular complexity index is 42.3. The molecule has 0 saturated carbocycles. The summed E-state index contributed by atoms with van der Waals surface area (Å²) >= 11 is 0. The van der Waals surface area contributed by atoms with E-state index in [0.717, 1.165) is 0 Å². The van der Waals surface area contributed by atoms with Crippen LogP contribution in [-0.4, -0.2) is 16.7 Å². The Labute approximate surface area is 94.9 Å². The van der Waals surface area contributed by atoms with E-state index in [9.17, 15) is 0 Å². The van der Waals surface area contributed by atoms with Gasteiger partial charge in [-0.15, -0.1) is 0 Å². The zero-order valence-corrected chi connectivity index (χ0v) is 9.03. The Morgan fingerprint density at radius 3 is 1.22 bits per heavy atom. The van der Waals surface area contributed by atoms with E-state index in [1.165, 1.54) is 0 Å². The van der Waals surface area contributed by atoms with Gasteiger partial charge < -0.3 is 15.0 Å². The van der Waals surface area contributed by atoms with Crippen LogP contribution in [0.3, 0.4) is 0 Å². The predicted octanol–water partition coefficient (Wildman–Crippen LogP) is -8.49. The largest absolute Gasteiger partial charge is 1.00 e. The van der Waals surface area contributed by atoms with Gasteiger partial charge in [0, 0.05) is 0 Å². The Balaban J connectivity index is -0.0000000233. The van der Waals surface area contributed by atoms with Crippen LogP contribution >= 0.6 is 0 Å². The second kappa shape index (κ2) is 22.9. The molecule has 0 saturated heterocycles. The number of carbonyl (C=O) groups is 1. The molecule has 8 heteroatoms. The molecule has 0 radical (unpaired) electrons. The van der Waals surface area contributed by atoms with Crippen LogP contribution in [0.5, 0.6) is 0 Å². The van der Waals surface area contributed by atoms with Crippen molar-refractivity contribution in [3.8, 4) is 0 Å². The topological polar surface area (TPSA) is 113 Å². The summed E-state index contributed by atoms with van der Waals surface area (Å²) in [4.78, 5) is 8.33. The average molecular weight is 156 g/mol. The number of carbonyl (C=O) groups excluding carboxylic acids is 1. The maximum Gasteiger partial charge on any atom is 1.00 e. The van der Waals surface area contributed by atoms with Gasteiger partial charge in [-0.1, -0.05) is 5.04 Å². The smallest absolute Gasteiger partial charge is 0.652 e. The zero-order valence-electron chi connectivity index (χ0n) is 5.03. The van der Waals surface area contributed by atoms with Crippen molar-refractivity contribution in [2.24, 2.45) is 0 Å². The minimum Gasteiger partial charge on any atom is -0.652 e. The van der Waals surface area contributed by atoms with Crippen molar-refractivity contribution in [3.63, 3.8) is 0 Å². The molecule has 2 N–H and O–H groups in total. The second-order valence-corrected chi connectivity index (χ2v) is 0.332. The third-order valence-corrected chi connectivity index (χ3v) is 0. The minimum atomic E-state index is -2.33. The van der Waals surface area contributed by atoms with Gasteiger partial charge in [0.25, 0.3) is 0 Å². The fourth-order valence-electron chi connectivity index (χ4n) is 0. The van der Waals surface area contributed by atoms with Crippen molar-refractivity contribution in [1.29, 1.82) is 0 Å². The van der Waals surface area contributed by atoms with Gasteiger partial charge in [-0.3, -0.25) is 0 Å². The Hall–Kier alpha value is 1.15. The summed E-state index contributed by atoms with van der Waals surface area (Å²) in [6.45, 7) is 0. The van der Waals surface area contributed by atoms with E-state index in [1.54, 1.807) is 0 Å². The van der Waals surface area contributed by atoms with Crippen LogP contribution in [0.15, 0.2) is 0 Å². The summed E-state index contributed by atoms with van der Waals surface area (Å²) in [5.74, 6) is 0. The molecule has 0 unspecified atom stereocenters. The van der Waals surface area contributed by atoms with Crippen molar-refractivity contribution in [3.05, 3.63) is 0 Å². The second-order valence-electron chi connectivity index (χ2n) is 0.332. The van der Waals surface area contributed by atoms with E-state index in [0.29, 0.717) is 0 Å². The minimum absolute atomic E-state index is 0. The SMILES string of the molecule is O=C([O-])[O-].OOO.[Na+].[Na+]. The fraction of sp³-hybridized carbons (Fsp3) is 0. The molecule has 0 aromatic rings. The maximum atomic E-state index is 8.33. The van der Waals surface area contributed by atoms with E-state index in [4.69, 9.17) is 25.5 Å². The van der Waals surface area contributed by atoms with Crippen molar-refractivity contribution < 1.29 is 89.7 Å². The van der Waals surface area contributed by atoms with Crippen LogP contribution in [-0.2, 0) is 5.04 Å². The maximum absolute atomic E-state index is 8.33. The van der Waals surface area contributed by atoms with Gasteiger partial charge in [0.1, 0.15) is 0 Å². The van der Waals surface area contributed by atoms with E-state index in [2.05, 4.69) is 5.04 Å². The van der Waals surface area contributed by atoms with Crippen LogP contribution in [0.1, 0.15) is 0 Å². The molecule has 0 aliphatic heterocycles. The van der Waals surface area contributed by atoms with Crippen molar-refractivity contribution in [1.82, 2.24) is 0 Å². The quantitative estimate of drug-likeness (QED) is 0.204. The van der Waals surface area contributed by atoms with Crippen LogP contribution in [0.2, 0.25) is 0 Å². The molecular weight excluding hydrogens is 154 g/mol. The van der Waals surface area contributed by atoms with Crippen molar-refractivity contribution >= 4 is 6.16 Å². The molecule has 0 aromatic heterocycles. The molecule has 0 aromatic carbocycles. The molecule has 0 rings (SSSR count). The van der Waals surface area contributed by atoms with Gasteiger partial charge in [-0.25, -0.2) is 10.5 Å². The first kappa shape index (κ1) is 22.5. The molecular formula is CH2Na2O6. The Morgan fingerprint density at radius 2 is 1.22 bits per heavy atom. The van der Waals surface area contributed by atoms with Crippen LogP contribution < -0.4 is 69.3 Å². The number of hydrogen-bond donors (Lipinski definition) is 2. The first-order valence-electron chi connectivity index (χ1n) is 0.978. The summed E-state index contributed by atoms with van der Waals surface area (Å²) in [5, 5.41) is 32.2. The van der Waals surface area contributed by atoms with Crippen molar-refractivity contribution in [2.75, 3.05) is 0 Å². The Kier molecular flexibility index (Phi) is 57.2. The third kappa shape index (κ3) is 354. The third-order valence-electron chi connectivity index (χ3n) is 0. The standard InChI is InChI=1S/CH2O3.2Na.H2O3/c2-1(3)4;;;1-3-2/h(H2,2,3,4);;;1-2H/q;2*+1;/p-2. The molecule has 0 aliphatic rings. The summed E-state index contributed by atoms with van der Waals surface area (Å²) in [7, 11) is 0. The molecule has 9 heavy (non-hydrogen) atoms. The molecule has 0 aliphatic carbocycles. The Morgan fingerprint density at radius 1 is 1.22 bits per heavy atom. The van der Waals surface area contributed by atoms with E-state index < -0.39 is 6.16 Å². The number of hydrogen-bond acceptors (Lipinski definition) is 6. The van der Waals surface area contributed by atoms with Gasteiger partial charge >= 0.3 is 59.1 Å². The van der Waals surface area contributed by atoms with Gasteiger partial charge in [0.05, 0.1) is 0 Å². The summed E-state index contributed by atoms with van der Waals surface area (Å²) in [6.07, 6.45) is -2.33. The van der Waals surface area contributed by atoms with Gasteiger partial charge in [-0.2, -0.15) is 0 Å². The molecule has 0 bridgehead atoms. The molecule has 6 nitrogen and oxygen atoms in total. The van der Waals surface area contributed by atoms with Gasteiger partial charge in [0.15, 0.2) is 0 Å². The monoisotopic (exact) mass is 156 g/mol. The number of rotatable bonds is 0. The van der Waals surface area contributed by atoms with Gasteiger partial charge in [-0.05, 0) is 6.16 Å². The molecule has 0 heterocycles. The average Bonchev–Trinajstić information content (AvgIpc) is 1.33. The number of carboxylic acid groups (broad SMARTS) is 2. The van der Waals surface area contributed by atoms with Crippen molar-refractivity contribution in [2.45, 2.75) is 0 Å². The first-order valence-corrected chi connectivity index (χ1v) is 0.978. The zero-order chi connectivity index (χ0) is 6.28. The molecule has 0 amide bonds. The van der Waals surface area contributed by atoms with Crippen LogP contribution in [0, 0.1) is 0 Å². The predicted molar refractivity (Wildman–Crippen MR) is 11.7 cm³/mol. The molecule has 44 valence electrons. The molecule has 0 fully saturated rings. The van der Waals surface area contributed by atoms with E-state index in [-0.39, 0.29) is 59.1 Å². The fourth-order valence-corrected chi connectivity index (χ4v) is 0. The molecule has 0 spiro atoms. The summed E-state index contributed by atoms with van der Waals surface area (Å²) in [5.41, 5.74) is 0. The normalized spacial score (nSPS) is 4.67. The van der Waals surface area contributed by atoms with Gasteiger partial charge in [0.2, 0.25) is 0 Å². The van der Waals surface area contributed by atoms with Crippen LogP contribution in [0.25, 0.3) is 0 Å².